The molecule has 0 amide bonds. The average Bonchev–Trinajstić information content (AvgIpc) is 2.59. The van der Waals surface area contributed by atoms with Gasteiger partial charge in [-0.25, -0.2) is 0 Å². The summed E-state index contributed by atoms with van der Waals surface area (Å²) in [5.41, 5.74) is 4.09. The van der Waals surface area contributed by atoms with E-state index in [0.717, 1.165) is 38.4 Å². The van der Waals surface area contributed by atoms with E-state index in [1.807, 2.05) is 19.9 Å². The van der Waals surface area contributed by atoms with Crippen molar-refractivity contribution in [3.63, 3.8) is 0 Å². The second-order valence-corrected chi connectivity index (χ2v) is 4.43. The molecular weight excluding hydrogens is 256 g/mol. The van der Waals surface area contributed by atoms with Crippen LogP contribution in [0, 0.1) is 13.8 Å². The van der Waals surface area contributed by atoms with E-state index in [1.54, 1.807) is 6.26 Å². The Morgan fingerprint density at radius 2 is 2.20 bits per heavy atom. The van der Waals surface area contributed by atoms with Gasteiger partial charge in [-0.15, -0.1) is 0 Å². The predicted molar refractivity (Wildman–Crippen MR) is 63.2 cm³/mol. The number of fused-ring (bicyclic) bond motifs is 1. The zero-order valence-electron chi connectivity index (χ0n) is 8.63. The minimum Gasteiger partial charge on any atom is -0.464 e. The second kappa shape index (κ2) is 3.81. The molecule has 0 spiro atoms. The van der Waals surface area contributed by atoms with Gasteiger partial charge in [0.1, 0.15) is 11.9 Å². The molecule has 1 aromatic carbocycles. The molecule has 1 aromatic heterocycles. The Labute approximate surface area is 96.4 Å². The van der Waals surface area contributed by atoms with E-state index >= 15 is 0 Å². The van der Waals surface area contributed by atoms with E-state index in [1.165, 1.54) is 0 Å². The minimum atomic E-state index is 0.406. The van der Waals surface area contributed by atoms with Crippen LogP contribution in [0.5, 0.6) is 0 Å². The molecular formula is C12H11BrO2. The van der Waals surface area contributed by atoms with Gasteiger partial charge in [0.05, 0.1) is 6.26 Å². The standard InChI is InChI=1S/C12H11BrO2/c1-7-5-10-11(8(2)12(7)13)9(3-4-14)6-15-10/h4-6H,3H2,1-2H3. The highest BCUT2D eigenvalue weighted by Crippen LogP contribution is 2.32. The van der Waals surface area contributed by atoms with Gasteiger partial charge in [0, 0.05) is 21.8 Å². The summed E-state index contributed by atoms with van der Waals surface area (Å²) in [4.78, 5) is 10.5. The first kappa shape index (κ1) is 10.4. The number of carbonyl (C=O) groups excluding carboxylic acids is 1. The number of carbonyl (C=O) groups is 1. The molecule has 0 saturated heterocycles. The molecule has 2 rings (SSSR count). The van der Waals surface area contributed by atoms with Gasteiger partial charge in [-0.1, -0.05) is 15.9 Å². The monoisotopic (exact) mass is 266 g/mol. The maximum Gasteiger partial charge on any atom is 0.134 e. The lowest BCUT2D eigenvalue weighted by molar-refractivity contribution is -0.107. The highest BCUT2D eigenvalue weighted by molar-refractivity contribution is 9.10. The first-order valence-electron chi connectivity index (χ1n) is 4.74. The lowest BCUT2D eigenvalue weighted by Crippen LogP contribution is -1.88. The molecule has 0 saturated carbocycles. The van der Waals surface area contributed by atoms with Crippen LogP contribution in [-0.4, -0.2) is 6.29 Å². The zero-order valence-corrected chi connectivity index (χ0v) is 10.2. The van der Waals surface area contributed by atoms with E-state index in [0.29, 0.717) is 6.42 Å². The molecule has 2 nitrogen and oxygen atoms in total. The number of benzene rings is 1. The summed E-state index contributed by atoms with van der Waals surface area (Å²) in [5, 5.41) is 1.06. The summed E-state index contributed by atoms with van der Waals surface area (Å²) in [7, 11) is 0. The molecule has 3 heteroatoms. The highest BCUT2D eigenvalue weighted by Gasteiger charge is 2.12. The van der Waals surface area contributed by atoms with Crippen molar-refractivity contribution in [3.8, 4) is 0 Å². The molecule has 0 fully saturated rings. The van der Waals surface area contributed by atoms with Crippen LogP contribution < -0.4 is 0 Å². The van der Waals surface area contributed by atoms with Crippen LogP contribution in [0.25, 0.3) is 11.0 Å². The Kier molecular flexibility index (Phi) is 2.65. The van der Waals surface area contributed by atoms with Crippen molar-refractivity contribution in [2.75, 3.05) is 0 Å². The number of furan rings is 1. The third-order valence-corrected chi connectivity index (χ3v) is 3.82. The van der Waals surface area contributed by atoms with E-state index in [4.69, 9.17) is 4.42 Å². The summed E-state index contributed by atoms with van der Waals surface area (Å²) in [6, 6.07) is 1.99. The molecule has 0 N–H and O–H groups in total. The van der Waals surface area contributed by atoms with E-state index < -0.39 is 0 Å². The first-order valence-corrected chi connectivity index (χ1v) is 5.54. The Hall–Kier alpha value is -1.09. The fourth-order valence-electron chi connectivity index (χ4n) is 1.85. The van der Waals surface area contributed by atoms with Crippen molar-refractivity contribution in [1.82, 2.24) is 0 Å². The van der Waals surface area contributed by atoms with Crippen LogP contribution in [0.4, 0.5) is 0 Å². The Balaban J connectivity index is 2.79. The van der Waals surface area contributed by atoms with Gasteiger partial charge in [0.15, 0.2) is 0 Å². The third kappa shape index (κ3) is 1.61. The summed E-state index contributed by atoms with van der Waals surface area (Å²) in [5.74, 6) is 0. The number of rotatable bonds is 2. The van der Waals surface area contributed by atoms with Crippen LogP contribution in [-0.2, 0) is 11.2 Å². The normalized spacial score (nSPS) is 10.9. The Morgan fingerprint density at radius 1 is 1.47 bits per heavy atom. The van der Waals surface area contributed by atoms with Crippen LogP contribution in [0.1, 0.15) is 16.7 Å². The number of hydrogen-bond acceptors (Lipinski definition) is 2. The fourth-order valence-corrected chi connectivity index (χ4v) is 2.16. The third-order valence-electron chi connectivity index (χ3n) is 2.60. The SMILES string of the molecule is Cc1cc2occ(CC=O)c2c(C)c1Br. The quantitative estimate of drug-likeness (QED) is 0.779. The number of halogens is 1. The van der Waals surface area contributed by atoms with Crippen LogP contribution in [0.15, 0.2) is 21.2 Å². The van der Waals surface area contributed by atoms with Crippen molar-refractivity contribution < 1.29 is 9.21 Å². The van der Waals surface area contributed by atoms with Gasteiger partial charge >= 0.3 is 0 Å². The van der Waals surface area contributed by atoms with Gasteiger partial charge in [0.2, 0.25) is 0 Å². The van der Waals surface area contributed by atoms with Crippen molar-refractivity contribution in [2.45, 2.75) is 20.3 Å². The lowest BCUT2D eigenvalue weighted by atomic mass is 10.0. The summed E-state index contributed by atoms with van der Waals surface area (Å²) < 4.78 is 6.53. The van der Waals surface area contributed by atoms with E-state index in [-0.39, 0.29) is 0 Å². The van der Waals surface area contributed by atoms with E-state index in [9.17, 15) is 4.79 Å². The zero-order chi connectivity index (χ0) is 11.0. The molecule has 0 aliphatic carbocycles. The summed E-state index contributed by atoms with van der Waals surface area (Å²) in [6.07, 6.45) is 2.97. The molecule has 1 heterocycles. The van der Waals surface area contributed by atoms with Crippen molar-refractivity contribution in [1.29, 1.82) is 0 Å². The van der Waals surface area contributed by atoms with Crippen molar-refractivity contribution >= 4 is 33.2 Å². The van der Waals surface area contributed by atoms with Crippen LogP contribution in [0.2, 0.25) is 0 Å². The van der Waals surface area contributed by atoms with Gasteiger partial charge in [-0.3, -0.25) is 0 Å². The van der Waals surface area contributed by atoms with Gasteiger partial charge < -0.3 is 9.21 Å². The molecule has 0 aliphatic heterocycles. The molecule has 2 aromatic rings. The van der Waals surface area contributed by atoms with Crippen LogP contribution in [0.3, 0.4) is 0 Å². The topological polar surface area (TPSA) is 30.2 Å². The molecule has 0 atom stereocenters. The largest absolute Gasteiger partial charge is 0.464 e. The first-order chi connectivity index (χ1) is 7.15. The Bertz CT molecular complexity index is 526. The second-order valence-electron chi connectivity index (χ2n) is 3.64. The van der Waals surface area contributed by atoms with Crippen LogP contribution >= 0.6 is 15.9 Å². The van der Waals surface area contributed by atoms with Crippen molar-refractivity contribution in [3.05, 3.63) is 33.5 Å². The Morgan fingerprint density at radius 3 is 2.87 bits per heavy atom. The highest BCUT2D eigenvalue weighted by atomic mass is 79.9. The average molecular weight is 267 g/mol. The van der Waals surface area contributed by atoms with E-state index in [2.05, 4.69) is 15.9 Å². The predicted octanol–water partition coefficient (Wildman–Crippen LogP) is 3.55. The molecule has 0 bridgehead atoms. The maximum atomic E-state index is 10.5. The number of aldehydes is 1. The van der Waals surface area contributed by atoms with Gasteiger partial charge in [0.25, 0.3) is 0 Å². The number of aryl methyl sites for hydroxylation is 2. The smallest absolute Gasteiger partial charge is 0.134 e. The van der Waals surface area contributed by atoms with Gasteiger partial charge in [-0.2, -0.15) is 0 Å². The minimum absolute atomic E-state index is 0.406. The molecule has 0 radical (unpaired) electrons. The lowest BCUT2D eigenvalue weighted by Gasteiger charge is -2.04. The summed E-state index contributed by atoms with van der Waals surface area (Å²) >= 11 is 3.54. The number of hydrogen-bond donors (Lipinski definition) is 0. The molecule has 15 heavy (non-hydrogen) atoms. The fraction of sp³-hybridized carbons (Fsp3) is 0.250. The molecule has 78 valence electrons. The van der Waals surface area contributed by atoms with Crippen molar-refractivity contribution in [2.24, 2.45) is 0 Å². The maximum absolute atomic E-state index is 10.5. The van der Waals surface area contributed by atoms with Gasteiger partial charge in [-0.05, 0) is 31.0 Å². The molecule has 0 unspecified atom stereocenters. The summed E-state index contributed by atoms with van der Waals surface area (Å²) in [6.45, 7) is 4.06. The molecule has 0 aliphatic rings.